The lowest BCUT2D eigenvalue weighted by atomic mass is 10.1. The summed E-state index contributed by atoms with van der Waals surface area (Å²) in [6.45, 7) is 2.31. The van der Waals surface area contributed by atoms with Crippen LogP contribution in [0.5, 0.6) is 0 Å². The van der Waals surface area contributed by atoms with E-state index in [-0.39, 0.29) is 19.1 Å². The number of carbonyl (C=O) groups is 1. The number of hydrogen-bond donors (Lipinski definition) is 3. The van der Waals surface area contributed by atoms with Crippen LogP contribution in [0.25, 0.3) is 16.6 Å². The first kappa shape index (κ1) is 21.8. The second-order valence-electron chi connectivity index (χ2n) is 8.03. The summed E-state index contributed by atoms with van der Waals surface area (Å²) in [5, 5.41) is 32.0. The van der Waals surface area contributed by atoms with Crippen molar-refractivity contribution in [1.29, 1.82) is 0 Å². The Morgan fingerprint density at radius 2 is 2.03 bits per heavy atom. The number of nitrogens with zero attached hydrogens (tertiary/aromatic N) is 6. The average Bonchev–Trinajstić information content (AvgIpc) is 3.57. The Labute approximate surface area is 195 Å². The Balaban J connectivity index is 1.48. The molecule has 0 bridgehead atoms. The average molecular weight is 460 g/mol. The highest BCUT2D eigenvalue weighted by Gasteiger charge is 2.18. The van der Waals surface area contributed by atoms with Gasteiger partial charge in [-0.1, -0.05) is 19.1 Å². The van der Waals surface area contributed by atoms with Crippen LogP contribution < -0.4 is 5.32 Å². The number of rotatable bonds is 8. The van der Waals surface area contributed by atoms with Gasteiger partial charge in [-0.2, -0.15) is 10.2 Å². The lowest BCUT2D eigenvalue weighted by Gasteiger charge is -2.12. The third-order valence-electron chi connectivity index (χ3n) is 5.79. The van der Waals surface area contributed by atoms with Crippen LogP contribution in [0.2, 0.25) is 0 Å². The minimum Gasteiger partial charge on any atom is -0.394 e. The number of hydrogen-bond acceptors (Lipinski definition) is 6. The summed E-state index contributed by atoms with van der Waals surface area (Å²) in [7, 11) is 0. The van der Waals surface area contributed by atoms with E-state index < -0.39 is 6.10 Å². The topological polar surface area (TPSA) is 123 Å². The van der Waals surface area contributed by atoms with Crippen molar-refractivity contribution in [1.82, 2.24) is 28.9 Å². The quantitative estimate of drug-likeness (QED) is 0.327. The number of fused-ring (bicyclic) bond motifs is 2. The van der Waals surface area contributed by atoms with E-state index in [9.17, 15) is 15.0 Å². The molecule has 0 aliphatic carbocycles. The molecule has 5 aromatic rings. The minimum absolute atomic E-state index is 0.194. The summed E-state index contributed by atoms with van der Waals surface area (Å²) in [4.78, 5) is 17.4. The molecule has 1 unspecified atom stereocenters. The Morgan fingerprint density at radius 3 is 2.85 bits per heavy atom. The summed E-state index contributed by atoms with van der Waals surface area (Å²) in [5.41, 5.74) is 4.43. The van der Waals surface area contributed by atoms with E-state index in [0.717, 1.165) is 22.3 Å². The van der Waals surface area contributed by atoms with Gasteiger partial charge in [-0.3, -0.25) is 18.6 Å². The first-order valence-corrected chi connectivity index (χ1v) is 11.1. The molecule has 0 saturated heterocycles. The Bertz CT molecular complexity index is 1470. The highest BCUT2D eigenvalue weighted by Crippen LogP contribution is 2.28. The standard InChI is InChI=1S/C24H25N7O3/c1-2-18-23-19(27-24(34)21-12-25-22-8-3-4-11-29(21)22)6-5-7-20(23)31(28-18)13-16-9-10-26-30(16)14-17(33)15-32/h3-12,17,32-33H,2,13-15H2,1H3,(H,27,34). The van der Waals surface area contributed by atoms with E-state index >= 15 is 0 Å². The van der Waals surface area contributed by atoms with Crippen molar-refractivity contribution < 1.29 is 15.0 Å². The third-order valence-corrected chi connectivity index (χ3v) is 5.79. The lowest BCUT2D eigenvalue weighted by Crippen LogP contribution is -2.22. The number of nitrogens with one attached hydrogen (secondary N) is 1. The van der Waals surface area contributed by atoms with Gasteiger partial charge in [0, 0.05) is 17.8 Å². The van der Waals surface area contributed by atoms with Gasteiger partial charge in [0.2, 0.25) is 0 Å². The first-order valence-electron chi connectivity index (χ1n) is 11.1. The number of aryl methyl sites for hydroxylation is 1. The van der Waals surface area contributed by atoms with Crippen LogP contribution in [0.4, 0.5) is 5.69 Å². The third kappa shape index (κ3) is 3.93. The van der Waals surface area contributed by atoms with Crippen LogP contribution in [0.1, 0.15) is 28.8 Å². The molecule has 34 heavy (non-hydrogen) atoms. The molecule has 174 valence electrons. The number of carbonyl (C=O) groups excluding carboxylic acids is 1. The van der Waals surface area contributed by atoms with Gasteiger partial charge in [-0.05, 0) is 36.8 Å². The Morgan fingerprint density at radius 1 is 1.15 bits per heavy atom. The predicted octanol–water partition coefficient (Wildman–Crippen LogP) is 2.10. The van der Waals surface area contributed by atoms with Gasteiger partial charge in [0.1, 0.15) is 11.3 Å². The van der Waals surface area contributed by atoms with Crippen LogP contribution in [-0.4, -0.2) is 57.8 Å². The number of imidazole rings is 1. The van der Waals surface area contributed by atoms with Crippen LogP contribution in [0.15, 0.2) is 61.1 Å². The molecule has 10 heteroatoms. The van der Waals surface area contributed by atoms with Crippen molar-refractivity contribution in [2.75, 3.05) is 11.9 Å². The van der Waals surface area contributed by atoms with Gasteiger partial charge in [0.15, 0.2) is 0 Å². The molecule has 5 rings (SSSR count). The molecule has 0 spiro atoms. The van der Waals surface area contributed by atoms with Gasteiger partial charge in [0.25, 0.3) is 5.91 Å². The normalized spacial score (nSPS) is 12.4. The number of aromatic nitrogens is 6. The second kappa shape index (κ2) is 9.08. The maximum atomic E-state index is 13.1. The fraction of sp³-hybridized carbons (Fsp3) is 0.250. The molecule has 1 aromatic carbocycles. The predicted molar refractivity (Wildman–Crippen MR) is 127 cm³/mol. The monoisotopic (exact) mass is 459 g/mol. The molecule has 1 amide bonds. The van der Waals surface area contributed by atoms with Gasteiger partial charge < -0.3 is 15.5 Å². The molecular weight excluding hydrogens is 434 g/mol. The SMILES string of the molecule is CCc1nn(Cc2ccnn2CC(O)CO)c2cccc(NC(=O)c3cnc4ccccn34)c12. The van der Waals surface area contributed by atoms with Gasteiger partial charge in [0.05, 0.1) is 54.6 Å². The smallest absolute Gasteiger partial charge is 0.274 e. The summed E-state index contributed by atoms with van der Waals surface area (Å²) in [5.74, 6) is -0.253. The van der Waals surface area contributed by atoms with E-state index in [2.05, 4.69) is 15.4 Å². The van der Waals surface area contributed by atoms with Gasteiger partial charge in [-0.15, -0.1) is 0 Å². The number of amides is 1. The summed E-state index contributed by atoms with van der Waals surface area (Å²) < 4.78 is 5.29. The van der Waals surface area contributed by atoms with Crippen molar-refractivity contribution in [3.8, 4) is 0 Å². The van der Waals surface area contributed by atoms with E-state index in [1.54, 1.807) is 21.5 Å². The van der Waals surface area contributed by atoms with E-state index in [4.69, 9.17) is 5.10 Å². The van der Waals surface area contributed by atoms with Gasteiger partial charge in [-0.25, -0.2) is 4.98 Å². The van der Waals surface area contributed by atoms with E-state index in [0.29, 0.717) is 30.0 Å². The second-order valence-corrected chi connectivity index (χ2v) is 8.03. The number of pyridine rings is 1. The lowest BCUT2D eigenvalue weighted by molar-refractivity contribution is 0.0774. The van der Waals surface area contributed by atoms with Crippen LogP contribution in [0.3, 0.4) is 0 Å². The molecule has 0 saturated carbocycles. The van der Waals surface area contributed by atoms with Crippen molar-refractivity contribution in [3.05, 3.63) is 78.1 Å². The minimum atomic E-state index is -0.888. The molecule has 4 aromatic heterocycles. The molecule has 0 aliphatic rings. The zero-order valence-corrected chi connectivity index (χ0v) is 18.7. The zero-order valence-electron chi connectivity index (χ0n) is 18.7. The largest absolute Gasteiger partial charge is 0.394 e. The number of anilines is 1. The molecule has 3 N–H and O–H groups in total. The molecule has 0 fully saturated rings. The van der Waals surface area contributed by atoms with Crippen molar-refractivity contribution in [2.24, 2.45) is 0 Å². The first-order chi connectivity index (χ1) is 16.6. The Hall–Kier alpha value is -4.02. The molecule has 0 radical (unpaired) electrons. The van der Waals surface area contributed by atoms with Crippen molar-refractivity contribution in [3.63, 3.8) is 0 Å². The summed E-state index contributed by atoms with van der Waals surface area (Å²) in [6.07, 6.45) is 4.84. The molecule has 4 heterocycles. The highest BCUT2D eigenvalue weighted by molar-refractivity contribution is 6.08. The van der Waals surface area contributed by atoms with Crippen LogP contribution in [-0.2, 0) is 19.5 Å². The summed E-state index contributed by atoms with van der Waals surface area (Å²) in [6, 6.07) is 13.2. The van der Waals surface area contributed by atoms with Gasteiger partial charge >= 0.3 is 0 Å². The summed E-state index contributed by atoms with van der Waals surface area (Å²) >= 11 is 0. The zero-order chi connectivity index (χ0) is 23.7. The fourth-order valence-corrected chi connectivity index (χ4v) is 4.14. The molecule has 10 nitrogen and oxygen atoms in total. The Kier molecular flexibility index (Phi) is 5.83. The number of benzene rings is 1. The highest BCUT2D eigenvalue weighted by atomic mass is 16.3. The fourth-order valence-electron chi connectivity index (χ4n) is 4.14. The molecule has 1 atom stereocenters. The molecular formula is C24H25N7O3. The van der Waals surface area contributed by atoms with E-state index in [1.165, 1.54) is 0 Å². The van der Waals surface area contributed by atoms with E-state index in [1.807, 2.05) is 60.3 Å². The van der Waals surface area contributed by atoms with Crippen LogP contribution in [0, 0.1) is 0 Å². The van der Waals surface area contributed by atoms with Crippen LogP contribution >= 0.6 is 0 Å². The maximum Gasteiger partial charge on any atom is 0.274 e. The number of aliphatic hydroxyl groups is 2. The van der Waals surface area contributed by atoms with Crippen molar-refractivity contribution in [2.45, 2.75) is 32.5 Å². The maximum absolute atomic E-state index is 13.1. The number of aliphatic hydroxyl groups excluding tert-OH is 2. The molecule has 0 aliphatic heterocycles. The van der Waals surface area contributed by atoms with Crippen molar-refractivity contribution >= 4 is 28.1 Å².